The second-order valence-corrected chi connectivity index (χ2v) is 7.34. The fourth-order valence-corrected chi connectivity index (χ4v) is 3.32. The van der Waals surface area contributed by atoms with Gasteiger partial charge < -0.3 is 14.5 Å². The van der Waals surface area contributed by atoms with Crippen molar-refractivity contribution in [3.05, 3.63) is 77.9 Å². The maximum Gasteiger partial charge on any atom is 0.257 e. The molecule has 7 heteroatoms. The van der Waals surface area contributed by atoms with E-state index in [1.807, 2.05) is 56.3 Å². The molecular weight excluding hydrogens is 410 g/mol. The SMILES string of the molecule is CCOc1ccc(C(=O)NC(=S)Nc2ccc3oc(-c4cccc(C)c4)nc3c2)cc1. The third-order valence-electron chi connectivity index (χ3n) is 4.57. The number of carbonyl (C=O) groups excluding carboxylic acids is 1. The van der Waals surface area contributed by atoms with E-state index in [0.29, 0.717) is 40.6 Å². The first-order chi connectivity index (χ1) is 15.0. The number of ether oxygens (including phenoxy) is 1. The van der Waals surface area contributed by atoms with Gasteiger partial charge in [-0.1, -0.05) is 17.7 Å². The standard InChI is InChI=1S/C24H21N3O3S/c1-3-29-19-10-7-16(8-11-19)22(28)27-24(31)25-18-9-12-21-20(14-18)26-23(30-21)17-6-4-5-15(2)13-17/h4-14H,3H2,1-2H3,(H2,25,27,28,31). The number of amides is 1. The molecule has 0 saturated carbocycles. The highest BCUT2D eigenvalue weighted by Crippen LogP contribution is 2.26. The molecule has 0 fully saturated rings. The molecule has 1 aromatic heterocycles. The van der Waals surface area contributed by atoms with Crippen molar-refractivity contribution in [3.63, 3.8) is 0 Å². The molecule has 0 aliphatic heterocycles. The third kappa shape index (κ3) is 4.90. The molecule has 0 atom stereocenters. The van der Waals surface area contributed by atoms with Gasteiger partial charge >= 0.3 is 0 Å². The molecule has 4 aromatic rings. The summed E-state index contributed by atoms with van der Waals surface area (Å²) in [4.78, 5) is 17.0. The fourth-order valence-electron chi connectivity index (χ4n) is 3.11. The lowest BCUT2D eigenvalue weighted by Gasteiger charge is -2.10. The third-order valence-corrected chi connectivity index (χ3v) is 4.77. The molecule has 31 heavy (non-hydrogen) atoms. The summed E-state index contributed by atoms with van der Waals surface area (Å²) < 4.78 is 11.3. The van der Waals surface area contributed by atoms with Crippen LogP contribution in [0.15, 0.2) is 71.1 Å². The first kappa shape index (κ1) is 20.6. The predicted octanol–water partition coefficient (Wildman–Crippen LogP) is 5.33. The highest BCUT2D eigenvalue weighted by Gasteiger charge is 2.11. The number of anilines is 1. The molecule has 0 radical (unpaired) electrons. The van der Waals surface area contributed by atoms with Crippen LogP contribution in [0.5, 0.6) is 5.75 Å². The van der Waals surface area contributed by atoms with Gasteiger partial charge in [-0.2, -0.15) is 0 Å². The molecule has 0 aliphatic rings. The van der Waals surface area contributed by atoms with E-state index in [1.54, 1.807) is 24.3 Å². The molecule has 0 unspecified atom stereocenters. The summed E-state index contributed by atoms with van der Waals surface area (Å²) in [6.07, 6.45) is 0. The van der Waals surface area contributed by atoms with Gasteiger partial charge in [0, 0.05) is 16.8 Å². The van der Waals surface area contributed by atoms with E-state index < -0.39 is 0 Å². The van der Waals surface area contributed by atoms with E-state index in [1.165, 1.54) is 0 Å². The summed E-state index contributed by atoms with van der Waals surface area (Å²) in [6, 6.07) is 20.3. The van der Waals surface area contributed by atoms with Gasteiger partial charge in [-0.15, -0.1) is 0 Å². The molecule has 0 saturated heterocycles. The smallest absolute Gasteiger partial charge is 0.257 e. The van der Waals surface area contributed by atoms with Crippen molar-refractivity contribution in [2.75, 3.05) is 11.9 Å². The Morgan fingerprint density at radius 2 is 1.90 bits per heavy atom. The summed E-state index contributed by atoms with van der Waals surface area (Å²) in [5.41, 5.74) is 4.61. The van der Waals surface area contributed by atoms with Gasteiger partial charge in [0.1, 0.15) is 11.3 Å². The summed E-state index contributed by atoms with van der Waals surface area (Å²) in [6.45, 7) is 4.50. The minimum Gasteiger partial charge on any atom is -0.494 e. The summed E-state index contributed by atoms with van der Waals surface area (Å²) in [5, 5.41) is 5.89. The van der Waals surface area contributed by atoms with Crippen molar-refractivity contribution < 1.29 is 13.9 Å². The largest absolute Gasteiger partial charge is 0.494 e. The lowest BCUT2D eigenvalue weighted by atomic mass is 10.1. The van der Waals surface area contributed by atoms with Crippen LogP contribution in [0.25, 0.3) is 22.6 Å². The molecule has 156 valence electrons. The number of carbonyl (C=O) groups is 1. The van der Waals surface area contributed by atoms with Gasteiger partial charge in [0.05, 0.1) is 6.61 Å². The zero-order chi connectivity index (χ0) is 21.8. The number of hydrogen-bond donors (Lipinski definition) is 2. The number of oxazole rings is 1. The van der Waals surface area contributed by atoms with Crippen molar-refractivity contribution in [2.24, 2.45) is 0 Å². The number of benzene rings is 3. The highest BCUT2D eigenvalue weighted by molar-refractivity contribution is 7.80. The normalized spacial score (nSPS) is 10.6. The van der Waals surface area contributed by atoms with Crippen molar-refractivity contribution >= 4 is 40.0 Å². The van der Waals surface area contributed by atoms with E-state index in [-0.39, 0.29) is 11.0 Å². The van der Waals surface area contributed by atoms with Crippen molar-refractivity contribution in [1.29, 1.82) is 0 Å². The van der Waals surface area contributed by atoms with E-state index in [2.05, 4.69) is 15.6 Å². The average molecular weight is 432 g/mol. The quantitative estimate of drug-likeness (QED) is 0.416. The Labute approximate surface area is 185 Å². The van der Waals surface area contributed by atoms with Crippen LogP contribution in [0.1, 0.15) is 22.8 Å². The van der Waals surface area contributed by atoms with E-state index in [0.717, 1.165) is 11.1 Å². The maximum absolute atomic E-state index is 12.4. The molecule has 6 nitrogen and oxygen atoms in total. The Balaban J connectivity index is 1.44. The lowest BCUT2D eigenvalue weighted by Crippen LogP contribution is -2.34. The number of nitrogens with one attached hydrogen (secondary N) is 2. The van der Waals surface area contributed by atoms with Gasteiger partial charge in [0.25, 0.3) is 5.91 Å². The van der Waals surface area contributed by atoms with Crippen LogP contribution in [-0.4, -0.2) is 22.6 Å². The Morgan fingerprint density at radius 3 is 2.65 bits per heavy atom. The molecule has 1 amide bonds. The van der Waals surface area contributed by atoms with Crippen LogP contribution in [-0.2, 0) is 0 Å². The van der Waals surface area contributed by atoms with Gasteiger partial charge in [-0.25, -0.2) is 4.98 Å². The molecule has 2 N–H and O–H groups in total. The van der Waals surface area contributed by atoms with Crippen LogP contribution < -0.4 is 15.4 Å². The molecular formula is C24H21N3O3S. The molecule has 0 bridgehead atoms. The summed E-state index contributed by atoms with van der Waals surface area (Å²) >= 11 is 5.29. The van der Waals surface area contributed by atoms with E-state index in [4.69, 9.17) is 21.4 Å². The predicted molar refractivity (Wildman–Crippen MR) is 125 cm³/mol. The summed E-state index contributed by atoms with van der Waals surface area (Å²) in [5.74, 6) is 0.970. The van der Waals surface area contributed by atoms with Gasteiger partial charge in [-0.05, 0) is 80.7 Å². The Hall–Kier alpha value is -3.71. The number of rotatable bonds is 5. The Bertz CT molecular complexity index is 1250. The van der Waals surface area contributed by atoms with Crippen LogP contribution >= 0.6 is 12.2 Å². The number of nitrogens with zero attached hydrogens (tertiary/aromatic N) is 1. The minimum absolute atomic E-state index is 0.195. The fraction of sp³-hybridized carbons (Fsp3) is 0.125. The highest BCUT2D eigenvalue weighted by atomic mass is 32.1. The van der Waals surface area contributed by atoms with Crippen LogP contribution in [0, 0.1) is 6.92 Å². The number of fused-ring (bicyclic) bond motifs is 1. The first-order valence-electron chi connectivity index (χ1n) is 9.84. The van der Waals surface area contributed by atoms with Gasteiger partial charge in [0.15, 0.2) is 10.7 Å². The number of aryl methyl sites for hydroxylation is 1. The second kappa shape index (κ2) is 8.97. The average Bonchev–Trinajstić information content (AvgIpc) is 3.18. The van der Waals surface area contributed by atoms with Crippen LogP contribution in [0.3, 0.4) is 0 Å². The zero-order valence-electron chi connectivity index (χ0n) is 17.1. The van der Waals surface area contributed by atoms with Crippen molar-refractivity contribution in [2.45, 2.75) is 13.8 Å². The Morgan fingerprint density at radius 1 is 1.10 bits per heavy atom. The second-order valence-electron chi connectivity index (χ2n) is 6.94. The minimum atomic E-state index is -0.301. The van der Waals surface area contributed by atoms with Gasteiger partial charge in [-0.3, -0.25) is 10.1 Å². The number of aromatic nitrogens is 1. The molecule has 3 aromatic carbocycles. The van der Waals surface area contributed by atoms with Crippen LogP contribution in [0.4, 0.5) is 5.69 Å². The van der Waals surface area contributed by atoms with E-state index >= 15 is 0 Å². The Kier molecular flexibility index (Phi) is 5.95. The molecule has 1 heterocycles. The topological polar surface area (TPSA) is 76.4 Å². The van der Waals surface area contributed by atoms with Crippen molar-refractivity contribution in [3.8, 4) is 17.2 Å². The number of hydrogen-bond acceptors (Lipinski definition) is 5. The first-order valence-corrected chi connectivity index (χ1v) is 10.3. The number of thiocarbonyl (C=S) groups is 1. The molecule has 0 aliphatic carbocycles. The van der Waals surface area contributed by atoms with Crippen LogP contribution in [0.2, 0.25) is 0 Å². The van der Waals surface area contributed by atoms with Gasteiger partial charge in [0.2, 0.25) is 5.89 Å². The summed E-state index contributed by atoms with van der Waals surface area (Å²) in [7, 11) is 0. The van der Waals surface area contributed by atoms with Crippen molar-refractivity contribution in [1.82, 2.24) is 10.3 Å². The zero-order valence-corrected chi connectivity index (χ0v) is 18.0. The molecule has 0 spiro atoms. The molecule has 4 rings (SSSR count). The monoisotopic (exact) mass is 431 g/mol. The maximum atomic E-state index is 12.4. The lowest BCUT2D eigenvalue weighted by molar-refractivity contribution is 0.0977. The van der Waals surface area contributed by atoms with E-state index in [9.17, 15) is 4.79 Å².